The first kappa shape index (κ1) is 19.6. The van der Waals surface area contributed by atoms with Gasteiger partial charge in [-0.1, -0.05) is 13.8 Å². The summed E-state index contributed by atoms with van der Waals surface area (Å²) in [5.41, 5.74) is -6.40. The zero-order chi connectivity index (χ0) is 17.3. The minimum atomic E-state index is -6.86. The van der Waals surface area contributed by atoms with Crippen molar-refractivity contribution in [2.75, 3.05) is 6.61 Å². The highest BCUT2D eigenvalue weighted by atomic mass is 19.4. The van der Waals surface area contributed by atoms with Gasteiger partial charge in [0.15, 0.2) is 0 Å². The molecule has 0 fully saturated rings. The van der Waals surface area contributed by atoms with Crippen molar-refractivity contribution >= 4 is 6.09 Å². The Morgan fingerprint density at radius 2 is 1.24 bits per heavy atom. The Morgan fingerprint density at radius 1 is 0.905 bits per heavy atom. The van der Waals surface area contributed by atoms with Crippen molar-refractivity contribution in [1.82, 2.24) is 5.32 Å². The van der Waals surface area contributed by atoms with E-state index in [0.717, 1.165) is 0 Å². The lowest BCUT2D eigenvalue weighted by Gasteiger charge is -2.38. The SMILES string of the molecule is CC(C)COC(=O)NC(C(F)(F)F)(C(F)(F)F)C(F)(F)F. The van der Waals surface area contributed by atoms with E-state index in [1.807, 2.05) is 0 Å². The molecule has 126 valence electrons. The van der Waals surface area contributed by atoms with Crippen molar-refractivity contribution in [3.8, 4) is 0 Å². The summed E-state index contributed by atoms with van der Waals surface area (Å²) >= 11 is 0. The second-order valence-corrected chi connectivity index (χ2v) is 4.36. The molecule has 12 heteroatoms. The first-order chi connectivity index (χ1) is 9.06. The third-order valence-corrected chi connectivity index (χ3v) is 2.11. The van der Waals surface area contributed by atoms with Crippen LogP contribution in [0.2, 0.25) is 0 Å². The fourth-order valence-electron chi connectivity index (χ4n) is 1.13. The van der Waals surface area contributed by atoms with Crippen molar-refractivity contribution in [3.63, 3.8) is 0 Å². The number of amides is 1. The Bertz CT molecular complexity index is 333. The molecule has 0 unspecified atom stereocenters. The zero-order valence-electron chi connectivity index (χ0n) is 10.5. The smallest absolute Gasteiger partial charge is 0.429 e. The summed E-state index contributed by atoms with van der Waals surface area (Å²) in [5.74, 6) is -0.507. The summed E-state index contributed by atoms with van der Waals surface area (Å²) in [7, 11) is 0. The van der Waals surface area contributed by atoms with Crippen LogP contribution in [0, 0.1) is 5.92 Å². The van der Waals surface area contributed by atoms with Crippen molar-refractivity contribution < 1.29 is 49.0 Å². The summed E-state index contributed by atoms with van der Waals surface area (Å²) in [4.78, 5) is 10.9. The minimum absolute atomic E-state index is 0.130. The molecule has 0 saturated heterocycles. The maximum Gasteiger partial charge on any atom is 0.429 e. The molecule has 3 nitrogen and oxygen atoms in total. The topological polar surface area (TPSA) is 38.3 Å². The van der Waals surface area contributed by atoms with E-state index in [4.69, 9.17) is 0 Å². The molecule has 0 aliphatic heterocycles. The second kappa shape index (κ2) is 5.79. The standard InChI is InChI=1S/C9H10F9NO2/c1-4(2)3-21-5(20)19-6(7(10,11)12,8(13,14)15)9(16,17)18/h4H,3H2,1-2H3,(H,19,20). The highest BCUT2D eigenvalue weighted by molar-refractivity contribution is 5.69. The van der Waals surface area contributed by atoms with Crippen molar-refractivity contribution in [2.45, 2.75) is 37.9 Å². The molecule has 0 saturated carbocycles. The Balaban J connectivity index is 5.68. The molecule has 0 aromatic rings. The van der Waals surface area contributed by atoms with Crippen LogP contribution in [-0.4, -0.2) is 36.8 Å². The quantitative estimate of drug-likeness (QED) is 0.797. The first-order valence-electron chi connectivity index (χ1n) is 5.21. The van der Waals surface area contributed by atoms with E-state index in [0.29, 0.717) is 0 Å². The van der Waals surface area contributed by atoms with Gasteiger partial charge in [0.1, 0.15) is 0 Å². The lowest BCUT2D eigenvalue weighted by molar-refractivity contribution is -0.387. The van der Waals surface area contributed by atoms with E-state index in [9.17, 15) is 44.3 Å². The van der Waals surface area contributed by atoms with E-state index in [1.165, 1.54) is 13.8 Å². The lowest BCUT2D eigenvalue weighted by Crippen LogP contribution is -2.75. The predicted molar refractivity (Wildman–Crippen MR) is 50.2 cm³/mol. The fraction of sp³-hybridized carbons (Fsp3) is 0.889. The van der Waals surface area contributed by atoms with Gasteiger partial charge < -0.3 is 4.74 Å². The monoisotopic (exact) mass is 335 g/mol. The minimum Gasteiger partial charge on any atom is -0.449 e. The number of hydrogen-bond acceptors (Lipinski definition) is 2. The third kappa shape index (κ3) is 4.06. The molecule has 0 spiro atoms. The molecule has 1 amide bonds. The predicted octanol–water partition coefficient (Wildman–Crippen LogP) is 3.79. The molecule has 1 N–H and O–H groups in total. The number of alkyl carbamates (subject to hydrolysis) is 1. The Labute approximate surface area is 112 Å². The highest BCUT2D eigenvalue weighted by Gasteiger charge is 2.85. The van der Waals surface area contributed by atoms with E-state index in [-0.39, 0.29) is 5.32 Å². The van der Waals surface area contributed by atoms with Gasteiger partial charge in [-0.25, -0.2) is 4.79 Å². The van der Waals surface area contributed by atoms with Gasteiger partial charge in [-0.3, -0.25) is 5.32 Å². The van der Waals surface area contributed by atoms with Gasteiger partial charge in [-0.05, 0) is 5.92 Å². The molecule has 21 heavy (non-hydrogen) atoms. The van der Waals surface area contributed by atoms with Crippen LogP contribution in [0.25, 0.3) is 0 Å². The number of rotatable bonds is 3. The number of alkyl halides is 9. The normalized spacial score (nSPS) is 14.3. The van der Waals surface area contributed by atoms with Gasteiger partial charge in [0.25, 0.3) is 0 Å². The first-order valence-corrected chi connectivity index (χ1v) is 5.21. The number of halogens is 9. The van der Waals surface area contributed by atoms with Gasteiger partial charge in [-0.15, -0.1) is 0 Å². The molecule has 0 aromatic heterocycles. The van der Waals surface area contributed by atoms with Gasteiger partial charge in [0.2, 0.25) is 0 Å². The van der Waals surface area contributed by atoms with E-state index in [2.05, 4.69) is 4.74 Å². The summed E-state index contributed by atoms with van der Waals surface area (Å²) in [5, 5.41) is -0.130. The van der Waals surface area contributed by atoms with Gasteiger partial charge >= 0.3 is 30.2 Å². The number of ether oxygens (including phenoxy) is 1. The molecule has 0 aliphatic carbocycles. The molecule has 0 rings (SSSR count). The van der Waals surface area contributed by atoms with Crippen LogP contribution in [0.4, 0.5) is 44.3 Å². The third-order valence-electron chi connectivity index (χ3n) is 2.11. The second-order valence-electron chi connectivity index (χ2n) is 4.36. The van der Waals surface area contributed by atoms with E-state index >= 15 is 0 Å². The largest absolute Gasteiger partial charge is 0.449 e. The Kier molecular flexibility index (Phi) is 5.42. The van der Waals surface area contributed by atoms with Crippen LogP contribution in [0.5, 0.6) is 0 Å². The molecule has 0 heterocycles. The van der Waals surface area contributed by atoms with Gasteiger partial charge in [0, 0.05) is 0 Å². The molecule has 0 atom stereocenters. The van der Waals surface area contributed by atoms with E-state index in [1.54, 1.807) is 0 Å². The summed E-state index contributed by atoms with van der Waals surface area (Å²) in [6.45, 7) is 2.09. The van der Waals surface area contributed by atoms with Crippen molar-refractivity contribution in [3.05, 3.63) is 0 Å². The average Bonchev–Trinajstić information content (AvgIpc) is 2.17. The van der Waals surface area contributed by atoms with Crippen LogP contribution in [0.1, 0.15) is 13.8 Å². The van der Waals surface area contributed by atoms with Crippen LogP contribution in [0.3, 0.4) is 0 Å². The molecule has 0 bridgehead atoms. The van der Waals surface area contributed by atoms with Crippen molar-refractivity contribution in [2.24, 2.45) is 5.92 Å². The van der Waals surface area contributed by atoms with E-state index < -0.39 is 42.7 Å². The van der Waals surface area contributed by atoms with Crippen LogP contribution in [-0.2, 0) is 4.74 Å². The molecular formula is C9H10F9NO2. The summed E-state index contributed by atoms with van der Waals surface area (Å²) in [6.07, 6.45) is -23.1. The molecule has 0 radical (unpaired) electrons. The maximum atomic E-state index is 12.4. The van der Waals surface area contributed by atoms with Crippen molar-refractivity contribution in [1.29, 1.82) is 0 Å². The Morgan fingerprint density at radius 3 is 1.48 bits per heavy atom. The summed E-state index contributed by atoms with van der Waals surface area (Å²) in [6, 6.07) is 0. The number of carbonyl (C=O) groups is 1. The number of nitrogens with one attached hydrogen (secondary N) is 1. The molecular weight excluding hydrogens is 325 g/mol. The van der Waals surface area contributed by atoms with Crippen LogP contribution < -0.4 is 5.32 Å². The molecule has 0 aliphatic rings. The number of hydrogen-bond donors (Lipinski definition) is 1. The summed E-state index contributed by atoms with van der Waals surface area (Å²) < 4.78 is 116. The van der Waals surface area contributed by atoms with Crippen LogP contribution >= 0.6 is 0 Å². The van der Waals surface area contributed by atoms with Crippen LogP contribution in [0.15, 0.2) is 0 Å². The lowest BCUT2D eigenvalue weighted by atomic mass is 9.97. The van der Waals surface area contributed by atoms with Gasteiger partial charge in [-0.2, -0.15) is 39.5 Å². The average molecular weight is 335 g/mol. The zero-order valence-corrected chi connectivity index (χ0v) is 10.5. The van der Waals surface area contributed by atoms with Gasteiger partial charge in [0.05, 0.1) is 6.61 Å². The highest BCUT2D eigenvalue weighted by Crippen LogP contribution is 2.52. The fourth-order valence-corrected chi connectivity index (χ4v) is 1.13. The number of carbonyl (C=O) groups excluding carboxylic acids is 1. The Hall–Kier alpha value is -1.36. The maximum absolute atomic E-state index is 12.4. The molecule has 0 aromatic carbocycles.